The zero-order valence-corrected chi connectivity index (χ0v) is 12.5. The molecule has 2 heterocycles. The first-order chi connectivity index (χ1) is 9.43. The SMILES string of the molecule is COC(=O)c1ccc(N)c(N2CCCC(C)(C)CC2)n1. The van der Waals surface area contributed by atoms with Crippen molar-refractivity contribution in [2.75, 3.05) is 30.8 Å². The van der Waals surface area contributed by atoms with E-state index in [-0.39, 0.29) is 0 Å². The monoisotopic (exact) mass is 277 g/mol. The average Bonchev–Trinajstić information content (AvgIpc) is 2.59. The maximum absolute atomic E-state index is 11.6. The Hall–Kier alpha value is -1.78. The number of aromatic nitrogens is 1. The molecule has 0 radical (unpaired) electrons. The van der Waals surface area contributed by atoms with Crippen LogP contribution in [-0.4, -0.2) is 31.2 Å². The van der Waals surface area contributed by atoms with Gasteiger partial charge in [-0.05, 0) is 36.8 Å². The summed E-state index contributed by atoms with van der Waals surface area (Å²) in [7, 11) is 1.36. The summed E-state index contributed by atoms with van der Waals surface area (Å²) >= 11 is 0. The number of hydrogen-bond acceptors (Lipinski definition) is 5. The fraction of sp³-hybridized carbons (Fsp3) is 0.600. The molecule has 0 saturated carbocycles. The van der Waals surface area contributed by atoms with E-state index in [0.717, 1.165) is 25.9 Å². The zero-order valence-electron chi connectivity index (χ0n) is 12.5. The molecule has 1 aromatic rings. The lowest BCUT2D eigenvalue weighted by Gasteiger charge is -2.25. The number of nitrogens with two attached hydrogens (primary N) is 1. The van der Waals surface area contributed by atoms with Crippen LogP contribution in [0.15, 0.2) is 12.1 Å². The van der Waals surface area contributed by atoms with Crippen molar-refractivity contribution in [2.24, 2.45) is 5.41 Å². The van der Waals surface area contributed by atoms with Gasteiger partial charge < -0.3 is 15.4 Å². The van der Waals surface area contributed by atoms with Crippen molar-refractivity contribution in [3.63, 3.8) is 0 Å². The number of nitrogens with zero attached hydrogens (tertiary/aromatic N) is 2. The van der Waals surface area contributed by atoms with Crippen molar-refractivity contribution in [2.45, 2.75) is 33.1 Å². The lowest BCUT2D eigenvalue weighted by atomic mass is 9.85. The topological polar surface area (TPSA) is 68.5 Å². The molecule has 1 fully saturated rings. The molecule has 0 bridgehead atoms. The first kappa shape index (κ1) is 14.6. The molecule has 0 atom stereocenters. The number of carbonyl (C=O) groups excluding carboxylic acids is 1. The van der Waals surface area contributed by atoms with E-state index >= 15 is 0 Å². The Balaban J connectivity index is 2.25. The minimum absolute atomic E-state index is 0.306. The van der Waals surface area contributed by atoms with E-state index in [2.05, 4.69) is 23.7 Å². The zero-order chi connectivity index (χ0) is 14.8. The summed E-state index contributed by atoms with van der Waals surface area (Å²) in [6.45, 7) is 6.41. The molecule has 2 rings (SSSR count). The second-order valence-electron chi connectivity index (χ2n) is 6.11. The molecular formula is C15H23N3O2. The number of methoxy groups -OCH3 is 1. The van der Waals surface area contributed by atoms with Gasteiger partial charge in [0.1, 0.15) is 0 Å². The maximum Gasteiger partial charge on any atom is 0.356 e. The van der Waals surface area contributed by atoms with Crippen LogP contribution in [0.3, 0.4) is 0 Å². The molecule has 0 aromatic carbocycles. The average molecular weight is 277 g/mol. The second kappa shape index (κ2) is 5.69. The Kier molecular flexibility index (Phi) is 4.16. The predicted octanol–water partition coefficient (Wildman–Crippen LogP) is 2.47. The standard InChI is InChI=1S/C15H23N3O2/c1-15(2)7-4-9-18(10-8-15)13-11(16)5-6-12(17-13)14(19)20-3/h5-6H,4,7-10,16H2,1-3H3. The number of ether oxygens (including phenoxy) is 1. The number of rotatable bonds is 2. The van der Waals surface area contributed by atoms with Crippen LogP contribution in [0.25, 0.3) is 0 Å². The molecule has 20 heavy (non-hydrogen) atoms. The van der Waals surface area contributed by atoms with Gasteiger partial charge in [0, 0.05) is 13.1 Å². The van der Waals surface area contributed by atoms with Crippen LogP contribution in [0.2, 0.25) is 0 Å². The predicted molar refractivity (Wildman–Crippen MR) is 79.8 cm³/mol. The normalized spacial score (nSPS) is 18.4. The van der Waals surface area contributed by atoms with Crippen LogP contribution in [-0.2, 0) is 4.74 Å². The largest absolute Gasteiger partial charge is 0.464 e. The summed E-state index contributed by atoms with van der Waals surface area (Å²) < 4.78 is 4.72. The molecule has 0 amide bonds. The van der Waals surface area contributed by atoms with Gasteiger partial charge in [-0.15, -0.1) is 0 Å². The van der Waals surface area contributed by atoms with Gasteiger partial charge in [-0.2, -0.15) is 0 Å². The third kappa shape index (κ3) is 3.21. The van der Waals surface area contributed by atoms with E-state index in [0.29, 0.717) is 22.6 Å². The van der Waals surface area contributed by atoms with Crippen molar-refractivity contribution >= 4 is 17.5 Å². The van der Waals surface area contributed by atoms with Crippen molar-refractivity contribution in [3.8, 4) is 0 Å². The highest BCUT2D eigenvalue weighted by Gasteiger charge is 2.25. The van der Waals surface area contributed by atoms with Crippen molar-refractivity contribution in [3.05, 3.63) is 17.8 Å². The highest BCUT2D eigenvalue weighted by atomic mass is 16.5. The highest BCUT2D eigenvalue weighted by Crippen LogP contribution is 2.32. The van der Waals surface area contributed by atoms with E-state index in [4.69, 9.17) is 10.5 Å². The molecule has 110 valence electrons. The molecule has 1 aromatic heterocycles. The first-order valence-electron chi connectivity index (χ1n) is 7.03. The molecule has 0 aliphatic carbocycles. The number of carbonyl (C=O) groups is 1. The van der Waals surface area contributed by atoms with E-state index in [1.165, 1.54) is 13.5 Å². The van der Waals surface area contributed by atoms with Gasteiger partial charge >= 0.3 is 5.97 Å². The summed E-state index contributed by atoms with van der Waals surface area (Å²) in [6.07, 6.45) is 3.40. The van der Waals surface area contributed by atoms with Gasteiger partial charge in [0.15, 0.2) is 11.5 Å². The summed E-state index contributed by atoms with van der Waals surface area (Å²) in [5.74, 6) is 0.270. The Labute approximate surface area is 120 Å². The molecule has 1 saturated heterocycles. The summed E-state index contributed by atoms with van der Waals surface area (Å²) in [6, 6.07) is 3.33. The number of hydrogen-bond donors (Lipinski definition) is 1. The quantitative estimate of drug-likeness (QED) is 0.841. The minimum Gasteiger partial charge on any atom is -0.464 e. The number of pyridine rings is 1. The van der Waals surface area contributed by atoms with Gasteiger partial charge in [-0.3, -0.25) is 0 Å². The fourth-order valence-electron chi connectivity index (χ4n) is 2.57. The number of anilines is 2. The Morgan fingerprint density at radius 1 is 1.35 bits per heavy atom. The van der Waals surface area contributed by atoms with Gasteiger partial charge in [-0.25, -0.2) is 9.78 Å². The van der Waals surface area contributed by atoms with E-state index in [1.54, 1.807) is 12.1 Å². The molecule has 1 aliphatic rings. The summed E-state index contributed by atoms with van der Waals surface area (Å²) in [4.78, 5) is 18.1. The molecule has 1 aliphatic heterocycles. The van der Waals surface area contributed by atoms with Crippen LogP contribution in [0.1, 0.15) is 43.6 Å². The second-order valence-corrected chi connectivity index (χ2v) is 6.11. The molecule has 0 spiro atoms. The molecule has 2 N–H and O–H groups in total. The minimum atomic E-state index is -0.429. The van der Waals surface area contributed by atoms with E-state index in [1.807, 2.05) is 0 Å². The number of nitrogen functional groups attached to an aromatic ring is 1. The molecule has 0 unspecified atom stereocenters. The van der Waals surface area contributed by atoms with Gasteiger partial charge in [0.05, 0.1) is 12.8 Å². The summed E-state index contributed by atoms with van der Waals surface area (Å²) in [5.41, 5.74) is 7.29. The van der Waals surface area contributed by atoms with Crippen LogP contribution < -0.4 is 10.6 Å². The number of esters is 1. The molecule has 5 heteroatoms. The smallest absolute Gasteiger partial charge is 0.356 e. The summed E-state index contributed by atoms with van der Waals surface area (Å²) in [5, 5.41) is 0. The third-order valence-corrected chi connectivity index (χ3v) is 3.94. The fourth-order valence-corrected chi connectivity index (χ4v) is 2.57. The molecular weight excluding hydrogens is 254 g/mol. The maximum atomic E-state index is 11.6. The van der Waals surface area contributed by atoms with Crippen LogP contribution in [0, 0.1) is 5.41 Å². The van der Waals surface area contributed by atoms with E-state index in [9.17, 15) is 4.79 Å². The van der Waals surface area contributed by atoms with Crippen molar-refractivity contribution < 1.29 is 9.53 Å². The lowest BCUT2D eigenvalue weighted by molar-refractivity contribution is 0.0594. The first-order valence-corrected chi connectivity index (χ1v) is 7.03. The highest BCUT2D eigenvalue weighted by molar-refractivity contribution is 5.88. The van der Waals surface area contributed by atoms with Crippen molar-refractivity contribution in [1.29, 1.82) is 0 Å². The Morgan fingerprint density at radius 2 is 2.10 bits per heavy atom. The van der Waals surface area contributed by atoms with Crippen LogP contribution >= 0.6 is 0 Å². The van der Waals surface area contributed by atoms with Gasteiger partial charge in [0.2, 0.25) is 0 Å². The van der Waals surface area contributed by atoms with Gasteiger partial charge in [0.25, 0.3) is 0 Å². The molecule has 5 nitrogen and oxygen atoms in total. The van der Waals surface area contributed by atoms with Crippen LogP contribution in [0.4, 0.5) is 11.5 Å². The van der Waals surface area contributed by atoms with Crippen molar-refractivity contribution in [1.82, 2.24) is 4.98 Å². The van der Waals surface area contributed by atoms with E-state index < -0.39 is 5.97 Å². The lowest BCUT2D eigenvalue weighted by Crippen LogP contribution is -2.27. The van der Waals surface area contributed by atoms with Crippen LogP contribution in [0.5, 0.6) is 0 Å². The Morgan fingerprint density at radius 3 is 2.80 bits per heavy atom. The Bertz CT molecular complexity index is 500. The van der Waals surface area contributed by atoms with Gasteiger partial charge in [-0.1, -0.05) is 13.8 Å². The third-order valence-electron chi connectivity index (χ3n) is 3.94.